The van der Waals surface area contributed by atoms with Gasteiger partial charge in [-0.3, -0.25) is 9.48 Å². The zero-order valence-electron chi connectivity index (χ0n) is 16.6. The van der Waals surface area contributed by atoms with E-state index >= 15 is 0 Å². The van der Waals surface area contributed by atoms with Crippen molar-refractivity contribution in [1.29, 1.82) is 0 Å². The lowest BCUT2D eigenvalue weighted by Crippen LogP contribution is -2.41. The number of aromatic amines is 1. The minimum absolute atomic E-state index is 0.211. The molecular formula is C20H21FN7OP. The summed E-state index contributed by atoms with van der Waals surface area (Å²) in [5.74, 6) is -1.55. The van der Waals surface area contributed by atoms with Gasteiger partial charge >= 0.3 is 0 Å². The molecule has 5 rings (SSSR count). The zero-order valence-corrected chi connectivity index (χ0v) is 17.7. The van der Waals surface area contributed by atoms with E-state index in [1.165, 1.54) is 10.7 Å². The van der Waals surface area contributed by atoms with Gasteiger partial charge in [0.05, 0.1) is 23.2 Å². The van der Waals surface area contributed by atoms with Crippen molar-refractivity contribution in [2.24, 2.45) is 7.05 Å². The number of nitrogens with one attached hydrogen (secondary N) is 1. The van der Waals surface area contributed by atoms with Crippen molar-refractivity contribution in [3.8, 4) is 0 Å². The normalized spacial score (nSPS) is 17.3. The van der Waals surface area contributed by atoms with Gasteiger partial charge < -0.3 is 9.88 Å². The molecule has 5 heterocycles. The highest BCUT2D eigenvalue weighted by atomic mass is 31.0. The summed E-state index contributed by atoms with van der Waals surface area (Å²) in [5.41, 5.74) is 5.14. The summed E-state index contributed by atoms with van der Waals surface area (Å²) in [6, 6.07) is 7.03. The SMILES string of the molecule is Cc1cccn2nc([C@@H]3c4nc[nH]c4CCN3C(=O)c3cc(C(F)P)nn3C)cc12. The first-order chi connectivity index (χ1) is 14.4. The molecule has 2 unspecified atom stereocenters. The Balaban J connectivity index is 1.62. The van der Waals surface area contributed by atoms with E-state index in [2.05, 4.69) is 24.3 Å². The quantitative estimate of drug-likeness (QED) is 0.512. The summed E-state index contributed by atoms with van der Waals surface area (Å²) in [4.78, 5) is 22.9. The number of fused-ring (bicyclic) bond motifs is 2. The fourth-order valence-electron chi connectivity index (χ4n) is 4.08. The number of rotatable bonds is 3. The van der Waals surface area contributed by atoms with Crippen molar-refractivity contribution >= 4 is 20.7 Å². The van der Waals surface area contributed by atoms with Crippen LogP contribution < -0.4 is 0 Å². The largest absolute Gasteiger partial charge is 0.348 e. The molecule has 8 nitrogen and oxygen atoms in total. The minimum atomic E-state index is -1.32. The number of amides is 1. The van der Waals surface area contributed by atoms with Gasteiger partial charge in [0.25, 0.3) is 5.91 Å². The molecule has 1 amide bonds. The first kappa shape index (κ1) is 18.9. The van der Waals surface area contributed by atoms with Crippen molar-refractivity contribution < 1.29 is 9.18 Å². The molecule has 1 aliphatic rings. The maximum Gasteiger partial charge on any atom is 0.273 e. The van der Waals surface area contributed by atoms with Gasteiger partial charge in [-0.1, -0.05) is 15.3 Å². The lowest BCUT2D eigenvalue weighted by atomic mass is 9.99. The van der Waals surface area contributed by atoms with Crippen LogP contribution >= 0.6 is 9.24 Å². The molecule has 4 aromatic heterocycles. The number of H-pyrrole nitrogens is 1. The van der Waals surface area contributed by atoms with E-state index in [0.717, 1.165) is 28.2 Å². The van der Waals surface area contributed by atoms with Gasteiger partial charge in [-0.2, -0.15) is 10.2 Å². The summed E-state index contributed by atoms with van der Waals surface area (Å²) in [7, 11) is 3.71. The van der Waals surface area contributed by atoms with Crippen LogP contribution in [-0.2, 0) is 13.5 Å². The fourth-order valence-corrected chi connectivity index (χ4v) is 4.24. The van der Waals surface area contributed by atoms with Crippen molar-refractivity contribution in [2.45, 2.75) is 25.3 Å². The molecule has 4 aromatic rings. The topological polar surface area (TPSA) is 84.1 Å². The lowest BCUT2D eigenvalue weighted by molar-refractivity contribution is 0.0675. The van der Waals surface area contributed by atoms with E-state index in [1.54, 1.807) is 18.3 Å². The molecule has 0 saturated heterocycles. The molecule has 3 atom stereocenters. The van der Waals surface area contributed by atoms with Crippen LogP contribution in [0.1, 0.15) is 50.8 Å². The Kier molecular flexibility index (Phi) is 4.43. The van der Waals surface area contributed by atoms with Crippen molar-refractivity contribution in [2.75, 3.05) is 6.54 Å². The maximum absolute atomic E-state index is 13.7. The number of hydrogen-bond donors (Lipinski definition) is 1. The van der Waals surface area contributed by atoms with Crippen LogP contribution in [0.25, 0.3) is 5.52 Å². The number of halogens is 1. The molecule has 1 N–H and O–H groups in total. The fraction of sp³-hybridized carbons (Fsp3) is 0.300. The van der Waals surface area contributed by atoms with Crippen molar-refractivity contribution in [1.82, 2.24) is 34.3 Å². The highest BCUT2D eigenvalue weighted by Crippen LogP contribution is 2.35. The Morgan fingerprint density at radius 3 is 2.93 bits per heavy atom. The van der Waals surface area contributed by atoms with Gasteiger partial charge in [0, 0.05) is 31.9 Å². The van der Waals surface area contributed by atoms with E-state index in [1.807, 2.05) is 35.8 Å². The number of carbonyl (C=O) groups is 1. The maximum atomic E-state index is 13.7. The monoisotopic (exact) mass is 425 g/mol. The number of aryl methyl sites for hydroxylation is 2. The summed E-state index contributed by atoms with van der Waals surface area (Å²) >= 11 is 0. The van der Waals surface area contributed by atoms with Gasteiger partial charge in [0.1, 0.15) is 17.4 Å². The number of hydrogen-bond acceptors (Lipinski definition) is 4. The molecule has 30 heavy (non-hydrogen) atoms. The number of nitrogens with zero attached hydrogens (tertiary/aromatic N) is 6. The van der Waals surface area contributed by atoms with Crippen LogP contribution in [0.5, 0.6) is 0 Å². The van der Waals surface area contributed by atoms with E-state index in [4.69, 9.17) is 5.10 Å². The highest BCUT2D eigenvalue weighted by Gasteiger charge is 2.37. The van der Waals surface area contributed by atoms with Crippen LogP contribution in [0.15, 0.2) is 36.8 Å². The zero-order chi connectivity index (χ0) is 21.0. The van der Waals surface area contributed by atoms with Gasteiger partial charge in [0.15, 0.2) is 5.91 Å². The van der Waals surface area contributed by atoms with E-state index < -0.39 is 12.0 Å². The third-order valence-electron chi connectivity index (χ3n) is 5.60. The van der Waals surface area contributed by atoms with Gasteiger partial charge in [0.2, 0.25) is 0 Å². The van der Waals surface area contributed by atoms with E-state index in [-0.39, 0.29) is 11.6 Å². The van der Waals surface area contributed by atoms with Crippen LogP contribution in [0.2, 0.25) is 0 Å². The minimum Gasteiger partial charge on any atom is -0.348 e. The first-order valence-corrected chi connectivity index (χ1v) is 10.3. The predicted octanol–water partition coefficient (Wildman–Crippen LogP) is 2.73. The molecule has 10 heteroatoms. The average molecular weight is 425 g/mol. The third kappa shape index (κ3) is 2.92. The van der Waals surface area contributed by atoms with Crippen molar-refractivity contribution in [3.05, 3.63) is 70.8 Å². The summed E-state index contributed by atoms with van der Waals surface area (Å²) < 4.78 is 17.0. The summed E-state index contributed by atoms with van der Waals surface area (Å²) in [5, 5.41) is 8.88. The van der Waals surface area contributed by atoms with Crippen molar-refractivity contribution in [3.63, 3.8) is 0 Å². The molecular weight excluding hydrogens is 404 g/mol. The number of aromatic nitrogens is 6. The number of imidazole rings is 1. The second-order valence-corrected chi connectivity index (χ2v) is 8.07. The van der Waals surface area contributed by atoms with E-state index in [9.17, 15) is 9.18 Å². The molecule has 0 bridgehead atoms. The molecule has 0 aromatic carbocycles. The van der Waals surface area contributed by atoms with Crippen LogP contribution in [0, 0.1) is 6.92 Å². The van der Waals surface area contributed by atoms with Crippen LogP contribution in [0.4, 0.5) is 4.39 Å². The smallest absolute Gasteiger partial charge is 0.273 e. The Hall–Kier alpha value is -3.06. The molecule has 0 spiro atoms. The Labute approximate surface area is 174 Å². The summed E-state index contributed by atoms with van der Waals surface area (Å²) in [6.07, 6.45) is 4.20. The second kappa shape index (κ2) is 7.02. The van der Waals surface area contributed by atoms with Crippen LogP contribution in [-0.4, -0.2) is 46.7 Å². The molecule has 0 fully saturated rings. The number of alkyl halides is 1. The molecule has 0 saturated carbocycles. The van der Waals surface area contributed by atoms with E-state index in [0.29, 0.717) is 18.7 Å². The first-order valence-electron chi connectivity index (χ1n) is 9.65. The average Bonchev–Trinajstić information content (AvgIpc) is 3.44. The Bertz CT molecular complexity index is 1260. The second-order valence-electron chi connectivity index (χ2n) is 7.49. The lowest BCUT2D eigenvalue weighted by Gasteiger charge is -2.33. The molecule has 0 radical (unpaired) electrons. The predicted molar refractivity (Wildman–Crippen MR) is 112 cm³/mol. The number of carbonyl (C=O) groups excluding carboxylic acids is 1. The highest BCUT2D eigenvalue weighted by molar-refractivity contribution is 7.16. The third-order valence-corrected chi connectivity index (χ3v) is 5.94. The van der Waals surface area contributed by atoms with Crippen LogP contribution in [0.3, 0.4) is 0 Å². The van der Waals surface area contributed by atoms with Gasteiger partial charge in [-0.25, -0.2) is 13.9 Å². The molecule has 1 aliphatic heterocycles. The molecule has 0 aliphatic carbocycles. The standard InChI is InChI=1S/C20H21FN7OP/c1-11-4-3-6-28-15(11)8-13(25-28)18-17-12(22-10-23-17)5-7-27(18)20(29)16-9-14(19(21)30)24-26(16)2/h3-4,6,8-10,18-19H,5,7,30H2,1-2H3,(H,22,23)/t18-,19?/m1/s1. The summed E-state index contributed by atoms with van der Waals surface area (Å²) in [6.45, 7) is 2.52. The molecule has 154 valence electrons. The Morgan fingerprint density at radius 1 is 1.37 bits per heavy atom. The number of pyridine rings is 1. The van der Waals surface area contributed by atoms with Gasteiger partial charge in [-0.15, -0.1) is 0 Å². The Morgan fingerprint density at radius 2 is 2.20 bits per heavy atom. The van der Waals surface area contributed by atoms with Gasteiger partial charge in [-0.05, 0) is 30.7 Å².